The molecule has 0 saturated carbocycles. The van der Waals surface area contributed by atoms with Crippen LogP contribution in [0.4, 0.5) is 0 Å². The molecule has 0 unspecified atom stereocenters. The highest BCUT2D eigenvalue weighted by molar-refractivity contribution is 6.06. The van der Waals surface area contributed by atoms with E-state index in [9.17, 15) is 14.7 Å². The number of aliphatic hydroxyl groups is 1. The van der Waals surface area contributed by atoms with Gasteiger partial charge < -0.3 is 19.4 Å². The fourth-order valence-electron chi connectivity index (χ4n) is 2.59. The molecule has 0 aliphatic carbocycles. The van der Waals surface area contributed by atoms with Crippen molar-refractivity contribution in [2.45, 2.75) is 6.61 Å². The highest BCUT2D eigenvalue weighted by atomic mass is 16.5. The van der Waals surface area contributed by atoms with Gasteiger partial charge in [0.1, 0.15) is 22.8 Å². The average molecular weight is 378 g/mol. The van der Waals surface area contributed by atoms with Crippen molar-refractivity contribution in [2.75, 3.05) is 7.11 Å². The number of allylic oxidation sites excluding steroid dienone is 1. The van der Waals surface area contributed by atoms with E-state index in [2.05, 4.69) is 4.74 Å². The summed E-state index contributed by atoms with van der Waals surface area (Å²) < 4.78 is 10.3. The second-order valence-electron chi connectivity index (χ2n) is 5.98. The summed E-state index contributed by atoms with van der Waals surface area (Å²) in [4.78, 5) is 23.9. The number of esters is 1. The molecule has 0 saturated heterocycles. The number of hydrogen-bond donors (Lipinski definition) is 2. The minimum atomic E-state index is -0.649. The first-order valence-corrected chi connectivity index (χ1v) is 8.45. The molecule has 28 heavy (non-hydrogen) atoms. The van der Waals surface area contributed by atoms with Crippen molar-refractivity contribution in [2.24, 2.45) is 0 Å². The molecule has 0 fully saturated rings. The Kier molecular flexibility index (Phi) is 5.72. The second-order valence-corrected chi connectivity index (χ2v) is 5.98. The number of ketones is 1. The average Bonchev–Trinajstić information content (AvgIpc) is 3.21. The molecule has 3 rings (SSSR count). The van der Waals surface area contributed by atoms with Crippen molar-refractivity contribution in [1.82, 2.24) is 0 Å². The van der Waals surface area contributed by atoms with Crippen LogP contribution in [0.25, 0.3) is 17.4 Å². The van der Waals surface area contributed by atoms with Crippen LogP contribution in [0, 0.1) is 0 Å². The van der Waals surface area contributed by atoms with E-state index in [0.29, 0.717) is 22.6 Å². The van der Waals surface area contributed by atoms with Gasteiger partial charge in [0.25, 0.3) is 0 Å². The van der Waals surface area contributed by atoms with Crippen molar-refractivity contribution in [3.63, 3.8) is 0 Å². The van der Waals surface area contributed by atoms with E-state index in [1.54, 1.807) is 48.5 Å². The molecule has 0 radical (unpaired) electrons. The first kappa shape index (κ1) is 19.1. The molecule has 0 bridgehead atoms. The number of methoxy groups -OCH3 is 1. The van der Waals surface area contributed by atoms with Gasteiger partial charge in [-0.1, -0.05) is 24.3 Å². The number of phenolic OH excluding ortho intramolecular Hbond substituents is 1. The van der Waals surface area contributed by atoms with Gasteiger partial charge in [0.2, 0.25) is 0 Å². The molecule has 3 aromatic rings. The Bertz CT molecular complexity index is 1030. The van der Waals surface area contributed by atoms with Crippen molar-refractivity contribution in [1.29, 1.82) is 0 Å². The van der Waals surface area contributed by atoms with Crippen LogP contribution in [0.15, 0.2) is 65.1 Å². The Labute approximate surface area is 161 Å². The fraction of sp³-hybridized carbons (Fsp3) is 0.0909. The number of benzene rings is 2. The van der Waals surface area contributed by atoms with Gasteiger partial charge >= 0.3 is 5.97 Å². The summed E-state index contributed by atoms with van der Waals surface area (Å²) in [6.07, 6.45) is 2.95. The molecule has 2 aromatic carbocycles. The van der Waals surface area contributed by atoms with Crippen molar-refractivity contribution < 1.29 is 29.0 Å². The highest BCUT2D eigenvalue weighted by Gasteiger charge is 2.14. The Morgan fingerprint density at radius 3 is 2.50 bits per heavy atom. The number of aliphatic hydroxyl groups excluding tert-OH is 1. The van der Waals surface area contributed by atoms with E-state index < -0.39 is 5.97 Å². The third-order valence-electron chi connectivity index (χ3n) is 4.13. The van der Waals surface area contributed by atoms with Crippen molar-refractivity contribution in [3.05, 3.63) is 83.1 Å². The van der Waals surface area contributed by atoms with E-state index in [0.717, 1.165) is 5.56 Å². The summed E-state index contributed by atoms with van der Waals surface area (Å²) in [5.74, 6) is -0.0865. The molecular formula is C22H18O6. The molecule has 0 aliphatic rings. The van der Waals surface area contributed by atoms with Gasteiger partial charge in [-0.05, 0) is 48.0 Å². The lowest BCUT2D eigenvalue weighted by molar-refractivity contribution is 0.0597. The number of carbonyl (C=O) groups is 2. The van der Waals surface area contributed by atoms with Crippen molar-refractivity contribution >= 4 is 17.8 Å². The molecule has 6 nitrogen and oxygen atoms in total. The van der Waals surface area contributed by atoms with Gasteiger partial charge in [0, 0.05) is 11.1 Å². The van der Waals surface area contributed by atoms with Crippen LogP contribution in [-0.4, -0.2) is 29.1 Å². The zero-order valence-electron chi connectivity index (χ0n) is 15.1. The van der Waals surface area contributed by atoms with Gasteiger partial charge in [-0.2, -0.15) is 0 Å². The normalized spacial score (nSPS) is 10.9. The summed E-state index contributed by atoms with van der Waals surface area (Å²) >= 11 is 0. The van der Waals surface area contributed by atoms with Crippen LogP contribution >= 0.6 is 0 Å². The molecule has 0 atom stereocenters. The number of aromatic hydroxyl groups is 1. The minimum Gasteiger partial charge on any atom is -0.507 e. The second kappa shape index (κ2) is 8.37. The van der Waals surface area contributed by atoms with E-state index in [1.165, 1.54) is 25.3 Å². The number of carbonyl (C=O) groups excluding carboxylic acids is 2. The molecule has 1 heterocycles. The summed E-state index contributed by atoms with van der Waals surface area (Å²) in [5.41, 5.74) is 1.86. The van der Waals surface area contributed by atoms with E-state index in [-0.39, 0.29) is 23.7 Å². The number of hydrogen-bond acceptors (Lipinski definition) is 6. The molecule has 6 heteroatoms. The van der Waals surface area contributed by atoms with Crippen LogP contribution in [0.2, 0.25) is 0 Å². The van der Waals surface area contributed by atoms with E-state index in [4.69, 9.17) is 9.52 Å². The lowest BCUT2D eigenvalue weighted by Gasteiger charge is -2.04. The SMILES string of the molecule is COC(=O)c1cc(-c2ccc(/C=C/C(=O)c3ccc(CO)cc3)o2)ccc1O. The lowest BCUT2D eigenvalue weighted by Crippen LogP contribution is -2.01. The summed E-state index contributed by atoms with van der Waals surface area (Å²) in [5, 5.41) is 18.8. The Morgan fingerprint density at radius 2 is 1.82 bits per heavy atom. The molecule has 0 amide bonds. The third kappa shape index (κ3) is 4.19. The van der Waals surface area contributed by atoms with E-state index >= 15 is 0 Å². The zero-order chi connectivity index (χ0) is 20.1. The number of furan rings is 1. The van der Waals surface area contributed by atoms with Crippen LogP contribution in [0.1, 0.15) is 32.0 Å². The zero-order valence-corrected chi connectivity index (χ0v) is 15.1. The quantitative estimate of drug-likeness (QED) is 0.384. The fourth-order valence-corrected chi connectivity index (χ4v) is 2.59. The monoisotopic (exact) mass is 378 g/mol. The summed E-state index contributed by atoms with van der Waals surface area (Å²) in [6.45, 7) is -0.0750. The summed E-state index contributed by atoms with van der Waals surface area (Å²) in [6, 6.07) is 14.5. The number of phenols is 1. The molecule has 1 aromatic heterocycles. The van der Waals surface area contributed by atoms with E-state index in [1.807, 2.05) is 0 Å². The van der Waals surface area contributed by atoms with Gasteiger partial charge in [-0.25, -0.2) is 4.79 Å². The minimum absolute atomic E-state index is 0.0370. The molecular weight excluding hydrogens is 360 g/mol. The Balaban J connectivity index is 1.77. The van der Waals surface area contributed by atoms with Gasteiger partial charge in [-0.15, -0.1) is 0 Å². The standard InChI is InChI=1S/C22H18O6/c1-27-22(26)18-12-16(6-9-20(18)25)21-11-8-17(28-21)7-10-19(24)15-4-2-14(13-23)3-5-15/h2-12,23,25H,13H2,1H3/b10-7+. The van der Waals surface area contributed by atoms with Crippen LogP contribution < -0.4 is 0 Å². The first-order chi connectivity index (χ1) is 13.5. The van der Waals surface area contributed by atoms with Crippen LogP contribution in [0.3, 0.4) is 0 Å². The van der Waals surface area contributed by atoms with Gasteiger partial charge in [-0.3, -0.25) is 4.79 Å². The maximum atomic E-state index is 12.2. The molecule has 0 aliphatic heterocycles. The van der Waals surface area contributed by atoms with Crippen LogP contribution in [0.5, 0.6) is 5.75 Å². The predicted molar refractivity (Wildman–Crippen MR) is 103 cm³/mol. The van der Waals surface area contributed by atoms with Gasteiger partial charge in [0.05, 0.1) is 13.7 Å². The third-order valence-corrected chi connectivity index (χ3v) is 4.13. The molecule has 142 valence electrons. The van der Waals surface area contributed by atoms with Crippen molar-refractivity contribution in [3.8, 4) is 17.1 Å². The number of rotatable bonds is 6. The predicted octanol–water partition coefficient (Wildman–Crippen LogP) is 3.83. The topological polar surface area (TPSA) is 97.0 Å². The first-order valence-electron chi connectivity index (χ1n) is 8.45. The van der Waals surface area contributed by atoms with Crippen LogP contribution in [-0.2, 0) is 11.3 Å². The maximum absolute atomic E-state index is 12.2. The Morgan fingerprint density at radius 1 is 1.07 bits per heavy atom. The van der Waals surface area contributed by atoms with Gasteiger partial charge in [0.15, 0.2) is 5.78 Å². The maximum Gasteiger partial charge on any atom is 0.341 e. The molecule has 0 spiro atoms. The summed E-state index contributed by atoms with van der Waals surface area (Å²) in [7, 11) is 1.23. The highest BCUT2D eigenvalue weighted by Crippen LogP contribution is 2.28. The lowest BCUT2D eigenvalue weighted by atomic mass is 10.1. The number of ether oxygens (including phenoxy) is 1. The smallest absolute Gasteiger partial charge is 0.341 e. The molecule has 2 N–H and O–H groups in total. The Hall–Kier alpha value is -3.64. The largest absolute Gasteiger partial charge is 0.507 e.